The van der Waals surface area contributed by atoms with Crippen LogP contribution in [0.15, 0.2) is 18.2 Å². The molecule has 1 fully saturated rings. The van der Waals surface area contributed by atoms with Gasteiger partial charge in [0.2, 0.25) is 11.8 Å². The Morgan fingerprint density at radius 2 is 2.26 bits per heavy atom. The third kappa shape index (κ3) is 2.69. The number of carbonyl (C=O) groups is 2. The topological polar surface area (TPSA) is 69.6 Å². The highest BCUT2D eigenvalue weighted by Crippen LogP contribution is 2.23. The normalized spacial score (nSPS) is 22.2. The molecule has 1 aromatic rings. The summed E-state index contributed by atoms with van der Waals surface area (Å²) in [6.45, 7) is 0. The number of aliphatic hydroxyl groups is 1. The Morgan fingerprint density at radius 1 is 1.58 bits per heavy atom. The summed E-state index contributed by atoms with van der Waals surface area (Å²) in [4.78, 5) is 24.5. The van der Waals surface area contributed by atoms with Crippen molar-refractivity contribution in [2.45, 2.75) is 18.6 Å². The first-order valence-electron chi connectivity index (χ1n) is 5.61. The number of hydrogen-bond acceptors (Lipinski definition) is 3. The highest BCUT2D eigenvalue weighted by Gasteiger charge is 2.36. The molecule has 2 N–H and O–H groups in total. The van der Waals surface area contributed by atoms with E-state index in [4.69, 9.17) is 11.6 Å². The van der Waals surface area contributed by atoms with Gasteiger partial charge in [-0.2, -0.15) is 0 Å². The van der Waals surface area contributed by atoms with Crippen molar-refractivity contribution in [1.29, 1.82) is 0 Å². The molecule has 0 aromatic heterocycles. The zero-order chi connectivity index (χ0) is 14.2. The van der Waals surface area contributed by atoms with Gasteiger partial charge in [0.05, 0.1) is 5.02 Å². The Balaban J connectivity index is 2.15. The highest BCUT2D eigenvalue weighted by molar-refractivity contribution is 6.31. The fourth-order valence-corrected chi connectivity index (χ4v) is 2.05. The predicted octanol–water partition coefficient (Wildman–Crippen LogP) is 0.691. The second-order valence-electron chi connectivity index (χ2n) is 4.31. The van der Waals surface area contributed by atoms with E-state index in [1.807, 2.05) is 0 Å². The maximum atomic E-state index is 13.0. The summed E-state index contributed by atoms with van der Waals surface area (Å²) in [5, 5.41) is 11.6. The van der Waals surface area contributed by atoms with Crippen LogP contribution in [0.5, 0.6) is 0 Å². The molecule has 0 saturated carbocycles. The first-order valence-corrected chi connectivity index (χ1v) is 5.99. The van der Waals surface area contributed by atoms with Crippen molar-refractivity contribution >= 4 is 29.1 Å². The Morgan fingerprint density at radius 3 is 2.79 bits per heavy atom. The zero-order valence-electron chi connectivity index (χ0n) is 10.1. The van der Waals surface area contributed by atoms with Crippen LogP contribution in [0.2, 0.25) is 5.02 Å². The minimum Gasteiger partial charge on any atom is -0.383 e. The van der Waals surface area contributed by atoms with Gasteiger partial charge in [0.1, 0.15) is 18.0 Å². The van der Waals surface area contributed by atoms with Crippen LogP contribution in [-0.2, 0) is 9.59 Å². The summed E-state index contributed by atoms with van der Waals surface area (Å²) < 4.78 is 13.0. The zero-order valence-corrected chi connectivity index (χ0v) is 10.8. The van der Waals surface area contributed by atoms with Gasteiger partial charge < -0.3 is 15.3 Å². The number of likely N-dealkylation sites (N-methyl/N-ethyl adjacent to an activating group) is 1. The molecule has 2 amide bonds. The lowest BCUT2D eigenvalue weighted by atomic mass is 10.1. The molecule has 1 aliphatic heterocycles. The third-order valence-electron chi connectivity index (χ3n) is 3.00. The van der Waals surface area contributed by atoms with E-state index in [0.717, 1.165) is 6.07 Å². The molecule has 1 saturated heterocycles. The molecule has 19 heavy (non-hydrogen) atoms. The van der Waals surface area contributed by atoms with Crippen LogP contribution in [-0.4, -0.2) is 36.1 Å². The van der Waals surface area contributed by atoms with Crippen LogP contribution in [0.25, 0.3) is 0 Å². The van der Waals surface area contributed by atoms with Gasteiger partial charge in [0, 0.05) is 19.2 Å². The van der Waals surface area contributed by atoms with Crippen LogP contribution in [0.4, 0.5) is 10.1 Å². The molecule has 5 nitrogen and oxygen atoms in total. The number of aliphatic hydroxyl groups excluding tert-OH is 1. The van der Waals surface area contributed by atoms with Crippen molar-refractivity contribution in [2.24, 2.45) is 0 Å². The number of anilines is 1. The Bertz CT molecular complexity index is 538. The summed E-state index contributed by atoms with van der Waals surface area (Å²) in [6, 6.07) is 3.11. The maximum absolute atomic E-state index is 13.0. The molecule has 2 atom stereocenters. The molecule has 1 aliphatic rings. The molecular weight excluding hydrogens is 275 g/mol. The Kier molecular flexibility index (Phi) is 3.73. The van der Waals surface area contributed by atoms with Gasteiger partial charge >= 0.3 is 0 Å². The molecular formula is C12H12ClFN2O3. The molecule has 1 aromatic carbocycles. The van der Waals surface area contributed by atoms with Crippen molar-refractivity contribution in [3.8, 4) is 0 Å². The van der Waals surface area contributed by atoms with Gasteiger partial charge in [-0.15, -0.1) is 0 Å². The van der Waals surface area contributed by atoms with Crippen LogP contribution in [0, 0.1) is 5.82 Å². The third-order valence-corrected chi connectivity index (χ3v) is 3.29. The number of benzene rings is 1. The number of rotatable bonds is 2. The molecule has 2 rings (SSSR count). The second kappa shape index (κ2) is 5.14. The van der Waals surface area contributed by atoms with Gasteiger partial charge in [-0.3, -0.25) is 9.59 Å². The Hall–Kier alpha value is -1.66. The summed E-state index contributed by atoms with van der Waals surface area (Å²) >= 11 is 5.65. The lowest BCUT2D eigenvalue weighted by Crippen LogP contribution is -2.42. The minimum atomic E-state index is -1.17. The first kappa shape index (κ1) is 13.8. The van der Waals surface area contributed by atoms with Crippen molar-refractivity contribution < 1.29 is 19.1 Å². The lowest BCUT2D eigenvalue weighted by molar-refractivity contribution is -0.127. The van der Waals surface area contributed by atoms with Crippen LogP contribution >= 0.6 is 11.6 Å². The fourth-order valence-electron chi connectivity index (χ4n) is 1.87. The average molecular weight is 287 g/mol. The fraction of sp³-hybridized carbons (Fsp3) is 0.333. The van der Waals surface area contributed by atoms with E-state index in [1.54, 1.807) is 0 Å². The quantitative estimate of drug-likeness (QED) is 0.840. The number of halogens is 2. The number of nitrogens with one attached hydrogen (secondary N) is 1. The summed E-state index contributed by atoms with van der Waals surface area (Å²) in [5.74, 6) is -1.53. The van der Waals surface area contributed by atoms with Gasteiger partial charge in [-0.25, -0.2) is 4.39 Å². The van der Waals surface area contributed by atoms with E-state index in [-0.39, 0.29) is 11.4 Å². The highest BCUT2D eigenvalue weighted by atomic mass is 35.5. The summed E-state index contributed by atoms with van der Waals surface area (Å²) in [7, 11) is 1.49. The molecule has 0 bridgehead atoms. The van der Waals surface area contributed by atoms with Crippen LogP contribution < -0.4 is 10.2 Å². The molecule has 1 heterocycles. The van der Waals surface area contributed by atoms with E-state index in [0.29, 0.717) is 5.69 Å². The predicted molar refractivity (Wildman–Crippen MR) is 67.4 cm³/mol. The molecule has 0 radical (unpaired) electrons. The smallest absolute Gasteiger partial charge is 0.249 e. The molecule has 7 heteroatoms. The van der Waals surface area contributed by atoms with E-state index in [9.17, 15) is 19.1 Å². The summed E-state index contributed by atoms with van der Waals surface area (Å²) in [5.41, 5.74) is 0.409. The van der Waals surface area contributed by atoms with Crippen LogP contribution in [0.1, 0.15) is 6.42 Å². The summed E-state index contributed by atoms with van der Waals surface area (Å²) in [6.07, 6.45) is -1.14. The Labute approximate surface area is 114 Å². The molecule has 0 aliphatic carbocycles. The molecule has 0 spiro atoms. The van der Waals surface area contributed by atoms with Crippen molar-refractivity contribution in [2.75, 3.05) is 11.9 Å². The van der Waals surface area contributed by atoms with Crippen molar-refractivity contribution in [3.05, 3.63) is 29.0 Å². The van der Waals surface area contributed by atoms with E-state index < -0.39 is 29.8 Å². The van der Waals surface area contributed by atoms with Gasteiger partial charge in [-0.05, 0) is 18.2 Å². The second-order valence-corrected chi connectivity index (χ2v) is 4.72. The van der Waals surface area contributed by atoms with Gasteiger partial charge in [0.15, 0.2) is 0 Å². The van der Waals surface area contributed by atoms with Crippen molar-refractivity contribution in [3.63, 3.8) is 0 Å². The SMILES string of the molecule is CN(C(=O)[C@@H]1C[C@H](O)C(=O)N1)c1ccc(F)c(Cl)c1. The first-order chi connectivity index (χ1) is 8.90. The van der Waals surface area contributed by atoms with E-state index in [2.05, 4.69) is 5.32 Å². The largest absolute Gasteiger partial charge is 0.383 e. The van der Waals surface area contributed by atoms with E-state index in [1.165, 1.54) is 24.1 Å². The standard InChI is InChI=1S/C12H12ClFN2O3/c1-16(6-2-3-8(14)7(13)4-6)12(19)9-5-10(17)11(18)15-9/h2-4,9-10,17H,5H2,1H3,(H,15,18)/t9-,10-/m0/s1. The van der Waals surface area contributed by atoms with Crippen LogP contribution in [0.3, 0.4) is 0 Å². The lowest BCUT2D eigenvalue weighted by Gasteiger charge is -2.21. The van der Waals surface area contributed by atoms with Gasteiger partial charge in [-0.1, -0.05) is 11.6 Å². The average Bonchev–Trinajstić information content (AvgIpc) is 2.71. The number of nitrogens with zero attached hydrogens (tertiary/aromatic N) is 1. The number of amides is 2. The monoisotopic (exact) mass is 286 g/mol. The molecule has 102 valence electrons. The maximum Gasteiger partial charge on any atom is 0.249 e. The number of hydrogen-bond donors (Lipinski definition) is 2. The van der Waals surface area contributed by atoms with E-state index >= 15 is 0 Å². The van der Waals surface area contributed by atoms with Gasteiger partial charge in [0.25, 0.3) is 0 Å². The number of carbonyl (C=O) groups excluding carboxylic acids is 2. The molecule has 0 unspecified atom stereocenters. The minimum absolute atomic E-state index is 0.0247. The van der Waals surface area contributed by atoms with Crippen molar-refractivity contribution in [1.82, 2.24) is 5.32 Å².